The van der Waals surface area contributed by atoms with E-state index in [9.17, 15) is 14.3 Å². The molecule has 7 nitrogen and oxygen atoms in total. The number of hydrogen-bond acceptors (Lipinski definition) is 6. The van der Waals surface area contributed by atoms with Crippen LogP contribution in [0.25, 0.3) is 11.4 Å². The quantitative estimate of drug-likeness (QED) is 0.755. The van der Waals surface area contributed by atoms with Crippen LogP contribution in [0.1, 0.15) is 52.2 Å². The molecule has 0 saturated carbocycles. The van der Waals surface area contributed by atoms with Gasteiger partial charge in [0.1, 0.15) is 5.82 Å². The van der Waals surface area contributed by atoms with Crippen molar-refractivity contribution in [2.75, 3.05) is 6.54 Å². The van der Waals surface area contributed by atoms with Crippen LogP contribution in [-0.2, 0) is 4.79 Å². The summed E-state index contributed by atoms with van der Waals surface area (Å²) in [7, 11) is 0. The van der Waals surface area contributed by atoms with Crippen LogP contribution in [0, 0.1) is 11.7 Å². The van der Waals surface area contributed by atoms with Gasteiger partial charge in [-0.1, -0.05) is 32.3 Å². The highest BCUT2D eigenvalue weighted by Crippen LogP contribution is 2.28. The number of carbonyl (C=O) groups is 1. The first-order valence-electron chi connectivity index (χ1n) is 9.72. The Balaban J connectivity index is 1.83. The lowest BCUT2D eigenvalue weighted by Crippen LogP contribution is -2.61. The minimum Gasteiger partial charge on any atom is -0.370 e. The molecular formula is C20H27FN4O3. The Morgan fingerprint density at radius 3 is 2.71 bits per heavy atom. The van der Waals surface area contributed by atoms with E-state index in [0.29, 0.717) is 18.5 Å². The Kier molecular flexibility index (Phi) is 6.41. The predicted octanol–water partition coefficient (Wildman–Crippen LogP) is 2.88. The number of aliphatic hydroxyl groups is 1. The van der Waals surface area contributed by atoms with Crippen molar-refractivity contribution in [3.05, 3.63) is 36.0 Å². The Morgan fingerprint density at radius 2 is 2.07 bits per heavy atom. The topological polar surface area (TPSA) is 91.5 Å². The van der Waals surface area contributed by atoms with Gasteiger partial charge in [-0.15, -0.1) is 0 Å². The second-order valence-electron chi connectivity index (χ2n) is 7.67. The van der Waals surface area contributed by atoms with Crippen LogP contribution >= 0.6 is 0 Å². The molecule has 0 spiro atoms. The van der Waals surface area contributed by atoms with Gasteiger partial charge in [0.2, 0.25) is 11.7 Å². The van der Waals surface area contributed by atoms with E-state index >= 15 is 0 Å². The van der Waals surface area contributed by atoms with E-state index in [2.05, 4.69) is 22.4 Å². The van der Waals surface area contributed by atoms with Crippen molar-refractivity contribution in [2.24, 2.45) is 5.92 Å². The minimum atomic E-state index is -1.18. The van der Waals surface area contributed by atoms with E-state index in [0.717, 1.165) is 12.8 Å². The third kappa shape index (κ3) is 4.56. The number of nitrogens with one attached hydrogen (secondary N) is 1. The maximum absolute atomic E-state index is 13.1. The summed E-state index contributed by atoms with van der Waals surface area (Å²) in [5.41, 5.74) is 0.586. The summed E-state index contributed by atoms with van der Waals surface area (Å²) in [5, 5.41) is 17.9. The molecule has 1 aliphatic rings. The zero-order valence-corrected chi connectivity index (χ0v) is 16.4. The second kappa shape index (κ2) is 8.79. The highest BCUT2D eigenvalue weighted by molar-refractivity contribution is 5.83. The molecule has 1 amide bonds. The summed E-state index contributed by atoms with van der Waals surface area (Å²) in [5.74, 6) is 0.130. The van der Waals surface area contributed by atoms with Crippen molar-refractivity contribution in [3.8, 4) is 11.4 Å². The Bertz CT molecular complexity index is 793. The first-order valence-corrected chi connectivity index (χ1v) is 9.72. The lowest BCUT2D eigenvalue weighted by molar-refractivity contribution is -0.142. The maximum atomic E-state index is 13.1. The highest BCUT2D eigenvalue weighted by Gasteiger charge is 2.40. The molecule has 1 aromatic heterocycles. The van der Waals surface area contributed by atoms with E-state index in [1.54, 1.807) is 17.0 Å². The largest absolute Gasteiger partial charge is 0.370 e. The number of hydrogen-bond donors (Lipinski definition) is 2. The van der Waals surface area contributed by atoms with Crippen LogP contribution in [0.15, 0.2) is 28.8 Å². The molecule has 2 N–H and O–H groups in total. The fourth-order valence-corrected chi connectivity index (χ4v) is 3.54. The molecule has 1 aromatic carbocycles. The predicted molar refractivity (Wildman–Crippen MR) is 101 cm³/mol. The fourth-order valence-electron chi connectivity index (χ4n) is 3.54. The van der Waals surface area contributed by atoms with Crippen LogP contribution in [0.2, 0.25) is 0 Å². The van der Waals surface area contributed by atoms with Crippen molar-refractivity contribution >= 4 is 5.91 Å². The van der Waals surface area contributed by atoms with Crippen molar-refractivity contribution < 1.29 is 18.8 Å². The molecule has 0 radical (unpaired) electrons. The van der Waals surface area contributed by atoms with Crippen molar-refractivity contribution in [1.82, 2.24) is 20.4 Å². The molecule has 3 unspecified atom stereocenters. The Morgan fingerprint density at radius 1 is 1.36 bits per heavy atom. The molecule has 1 saturated heterocycles. The molecule has 3 atom stereocenters. The smallest absolute Gasteiger partial charge is 0.271 e. The summed E-state index contributed by atoms with van der Waals surface area (Å²) in [4.78, 5) is 18.7. The van der Waals surface area contributed by atoms with Gasteiger partial charge in [0.25, 0.3) is 5.89 Å². The van der Waals surface area contributed by atoms with Crippen molar-refractivity contribution in [3.63, 3.8) is 0 Å². The molecule has 2 heterocycles. The van der Waals surface area contributed by atoms with Gasteiger partial charge in [0, 0.05) is 18.2 Å². The molecule has 8 heteroatoms. The van der Waals surface area contributed by atoms with Crippen molar-refractivity contribution in [1.29, 1.82) is 0 Å². The van der Waals surface area contributed by atoms with E-state index in [1.165, 1.54) is 12.1 Å². The summed E-state index contributed by atoms with van der Waals surface area (Å²) < 4.78 is 18.4. The summed E-state index contributed by atoms with van der Waals surface area (Å²) >= 11 is 0. The molecular weight excluding hydrogens is 363 g/mol. The van der Waals surface area contributed by atoms with Gasteiger partial charge < -0.3 is 14.9 Å². The van der Waals surface area contributed by atoms with Gasteiger partial charge in [-0.25, -0.2) is 4.39 Å². The number of nitrogens with zero attached hydrogens (tertiary/aromatic N) is 3. The average Bonchev–Trinajstić information content (AvgIpc) is 3.14. The van der Waals surface area contributed by atoms with Crippen LogP contribution in [0.4, 0.5) is 4.39 Å². The molecule has 0 bridgehead atoms. The van der Waals surface area contributed by atoms with Gasteiger partial charge in [0.05, 0.1) is 6.04 Å². The Labute approximate surface area is 163 Å². The van der Waals surface area contributed by atoms with E-state index in [4.69, 9.17) is 4.52 Å². The molecule has 0 aliphatic carbocycles. The molecule has 1 fully saturated rings. The number of piperazine rings is 1. The Hall–Kier alpha value is -2.32. The number of benzene rings is 1. The third-order valence-electron chi connectivity index (χ3n) is 4.89. The van der Waals surface area contributed by atoms with Crippen LogP contribution in [0.3, 0.4) is 0 Å². The SMILES string of the molecule is CCCC1CN(C(O)c2nc(-c3ccc(F)cc3)no2)C(CC(C)C)C(=O)N1. The lowest BCUT2D eigenvalue weighted by atomic mass is 9.96. The zero-order valence-electron chi connectivity index (χ0n) is 16.4. The maximum Gasteiger partial charge on any atom is 0.271 e. The van der Waals surface area contributed by atoms with Crippen LogP contribution < -0.4 is 5.32 Å². The number of aliphatic hydroxyl groups excluding tert-OH is 1. The molecule has 2 aromatic rings. The molecule has 1 aliphatic heterocycles. The van der Waals surface area contributed by atoms with Gasteiger partial charge in [-0.05, 0) is 43.0 Å². The van der Waals surface area contributed by atoms with Crippen LogP contribution in [0.5, 0.6) is 0 Å². The van der Waals surface area contributed by atoms with Gasteiger partial charge in [-0.2, -0.15) is 4.98 Å². The van der Waals surface area contributed by atoms with E-state index < -0.39 is 12.3 Å². The molecule has 28 heavy (non-hydrogen) atoms. The number of halogens is 1. The zero-order chi connectivity index (χ0) is 20.3. The minimum absolute atomic E-state index is 0.0260. The number of aromatic nitrogens is 2. The van der Waals surface area contributed by atoms with Gasteiger partial charge in [0.15, 0.2) is 6.23 Å². The molecule has 3 rings (SSSR count). The molecule has 152 valence electrons. The first-order chi connectivity index (χ1) is 13.4. The fraction of sp³-hybridized carbons (Fsp3) is 0.550. The van der Waals surface area contributed by atoms with Crippen molar-refractivity contribution in [2.45, 2.75) is 58.3 Å². The lowest BCUT2D eigenvalue weighted by Gasteiger charge is -2.41. The van der Waals surface area contributed by atoms with E-state index in [-0.39, 0.29) is 35.4 Å². The normalized spacial score (nSPS) is 21.7. The third-order valence-corrected chi connectivity index (χ3v) is 4.89. The van der Waals surface area contributed by atoms with E-state index in [1.807, 2.05) is 13.8 Å². The standard InChI is InChI=1S/C20H27FN4O3/c1-4-5-15-11-25(16(10-12(2)3)18(26)22-15)20(27)19-23-17(24-28-19)13-6-8-14(21)9-7-13/h6-9,12,15-16,20,27H,4-5,10-11H2,1-3H3,(H,22,26). The van der Waals surface area contributed by atoms with Crippen LogP contribution in [-0.4, -0.2) is 44.7 Å². The monoisotopic (exact) mass is 390 g/mol. The second-order valence-corrected chi connectivity index (χ2v) is 7.67. The first kappa shape index (κ1) is 20.4. The number of amides is 1. The number of rotatable bonds is 7. The summed E-state index contributed by atoms with van der Waals surface area (Å²) in [6.45, 7) is 6.64. The van der Waals surface area contributed by atoms with Gasteiger partial charge in [-0.3, -0.25) is 9.69 Å². The number of carbonyl (C=O) groups excluding carboxylic acids is 1. The average molecular weight is 390 g/mol. The highest BCUT2D eigenvalue weighted by atomic mass is 19.1. The summed E-state index contributed by atoms with van der Waals surface area (Å²) in [6, 6.07) is 5.21. The van der Waals surface area contributed by atoms with Gasteiger partial charge >= 0.3 is 0 Å². The summed E-state index contributed by atoms with van der Waals surface area (Å²) in [6.07, 6.45) is 1.18.